The first-order valence-corrected chi connectivity index (χ1v) is 5.61. The van der Waals surface area contributed by atoms with E-state index in [1.54, 1.807) is 0 Å². The fraction of sp³-hybridized carbons (Fsp3) is 0.231. The van der Waals surface area contributed by atoms with Crippen molar-refractivity contribution in [3.63, 3.8) is 0 Å². The van der Waals surface area contributed by atoms with E-state index in [1.165, 1.54) is 6.92 Å². The summed E-state index contributed by atoms with van der Waals surface area (Å²) < 4.78 is 1.82. The van der Waals surface area contributed by atoms with Crippen LogP contribution in [0.2, 0.25) is 0 Å². The summed E-state index contributed by atoms with van der Waals surface area (Å²) in [6.45, 7) is 1.52. The molecule has 1 atom stereocenters. The predicted octanol–water partition coefficient (Wildman–Crippen LogP) is 1.23. The number of carbonyl (C=O) groups excluding carboxylic acids is 1. The van der Waals surface area contributed by atoms with Crippen LogP contribution in [0.1, 0.15) is 6.92 Å². The molecule has 0 aliphatic heterocycles. The van der Waals surface area contributed by atoms with E-state index in [0.29, 0.717) is 0 Å². The average molecular weight is 246 g/mol. The van der Waals surface area contributed by atoms with Crippen molar-refractivity contribution < 1.29 is 14.7 Å². The molecule has 5 nitrogen and oxygen atoms in total. The second-order valence-electron chi connectivity index (χ2n) is 4.12. The number of carboxylic acids is 1. The zero-order valence-corrected chi connectivity index (χ0v) is 9.96. The molecule has 5 heteroatoms. The number of aromatic nitrogens is 1. The highest BCUT2D eigenvalue weighted by Crippen LogP contribution is 2.15. The minimum Gasteiger partial charge on any atom is -0.480 e. The molecule has 1 amide bonds. The van der Waals surface area contributed by atoms with Crippen LogP contribution < -0.4 is 5.32 Å². The highest BCUT2D eigenvalue weighted by atomic mass is 16.4. The van der Waals surface area contributed by atoms with Gasteiger partial charge in [-0.3, -0.25) is 4.79 Å². The third kappa shape index (κ3) is 2.51. The number of rotatable bonds is 4. The molecule has 2 rings (SSSR count). The lowest BCUT2D eigenvalue weighted by molar-refractivity contribution is -0.141. The summed E-state index contributed by atoms with van der Waals surface area (Å²) >= 11 is 0. The molecule has 0 aliphatic carbocycles. The van der Waals surface area contributed by atoms with Gasteiger partial charge >= 0.3 is 5.97 Å². The number of hydrogen-bond acceptors (Lipinski definition) is 2. The topological polar surface area (TPSA) is 71.3 Å². The summed E-state index contributed by atoms with van der Waals surface area (Å²) in [5.41, 5.74) is 0.953. The van der Waals surface area contributed by atoms with Crippen molar-refractivity contribution in [3.8, 4) is 0 Å². The van der Waals surface area contributed by atoms with E-state index in [-0.39, 0.29) is 12.5 Å². The normalized spacial score (nSPS) is 12.3. The standard InChI is InChI=1S/C13H14N2O3/c1-9(16)14-11(13(17)18)8-15-7-6-10-4-2-3-5-12(10)15/h2-7,11H,8H2,1H3,(H,14,16)(H,17,18). The second kappa shape index (κ2) is 4.91. The van der Waals surface area contributed by atoms with E-state index < -0.39 is 12.0 Å². The molecule has 1 aromatic carbocycles. The molecule has 2 N–H and O–H groups in total. The molecule has 18 heavy (non-hydrogen) atoms. The van der Waals surface area contributed by atoms with Gasteiger partial charge in [0.05, 0.1) is 6.54 Å². The number of para-hydroxylation sites is 1. The fourth-order valence-electron chi connectivity index (χ4n) is 1.93. The number of carboxylic acid groups (broad SMARTS) is 1. The van der Waals surface area contributed by atoms with Gasteiger partial charge in [-0.05, 0) is 17.5 Å². The molecule has 0 aliphatic rings. The molecule has 0 fully saturated rings. The molecular weight excluding hydrogens is 232 g/mol. The maximum Gasteiger partial charge on any atom is 0.328 e. The number of nitrogens with one attached hydrogen (secondary N) is 1. The van der Waals surface area contributed by atoms with Gasteiger partial charge in [0.1, 0.15) is 6.04 Å². The van der Waals surface area contributed by atoms with Crippen LogP contribution in [-0.4, -0.2) is 27.6 Å². The number of hydrogen-bond donors (Lipinski definition) is 2. The van der Waals surface area contributed by atoms with Crippen LogP contribution in [-0.2, 0) is 16.1 Å². The molecule has 1 aromatic heterocycles. The molecule has 0 saturated heterocycles. The minimum absolute atomic E-state index is 0.211. The molecule has 0 bridgehead atoms. The maximum absolute atomic E-state index is 11.1. The lowest BCUT2D eigenvalue weighted by atomic mass is 10.2. The van der Waals surface area contributed by atoms with Gasteiger partial charge in [0.2, 0.25) is 5.91 Å². The quantitative estimate of drug-likeness (QED) is 0.852. The van der Waals surface area contributed by atoms with Crippen molar-refractivity contribution in [3.05, 3.63) is 36.5 Å². The summed E-state index contributed by atoms with van der Waals surface area (Å²) in [5.74, 6) is -1.39. The fourth-order valence-corrected chi connectivity index (χ4v) is 1.93. The van der Waals surface area contributed by atoms with E-state index in [4.69, 9.17) is 5.11 Å². The third-order valence-corrected chi connectivity index (χ3v) is 2.74. The number of benzene rings is 1. The van der Waals surface area contributed by atoms with Crippen molar-refractivity contribution in [2.45, 2.75) is 19.5 Å². The predicted molar refractivity (Wildman–Crippen MR) is 67.2 cm³/mol. The summed E-state index contributed by atoms with van der Waals surface area (Å²) in [5, 5.41) is 12.5. The summed E-state index contributed by atoms with van der Waals surface area (Å²) in [6.07, 6.45) is 1.82. The Bertz CT molecular complexity index is 589. The number of amides is 1. The van der Waals surface area contributed by atoms with Crippen LogP contribution in [0, 0.1) is 0 Å². The van der Waals surface area contributed by atoms with Gasteiger partial charge in [0, 0.05) is 18.6 Å². The largest absolute Gasteiger partial charge is 0.480 e. The highest BCUT2D eigenvalue weighted by Gasteiger charge is 2.19. The van der Waals surface area contributed by atoms with Crippen molar-refractivity contribution in [2.24, 2.45) is 0 Å². The Balaban J connectivity index is 2.26. The van der Waals surface area contributed by atoms with Gasteiger partial charge in [-0.1, -0.05) is 18.2 Å². The summed E-state index contributed by atoms with van der Waals surface area (Å²) in [7, 11) is 0. The van der Waals surface area contributed by atoms with Gasteiger partial charge < -0.3 is 15.0 Å². The third-order valence-electron chi connectivity index (χ3n) is 2.74. The van der Waals surface area contributed by atoms with Crippen molar-refractivity contribution in [1.82, 2.24) is 9.88 Å². The Morgan fingerprint density at radius 2 is 2.06 bits per heavy atom. The molecule has 1 heterocycles. The minimum atomic E-state index is -1.04. The molecule has 0 spiro atoms. The molecule has 0 radical (unpaired) electrons. The smallest absolute Gasteiger partial charge is 0.328 e. The Morgan fingerprint density at radius 3 is 2.72 bits per heavy atom. The number of aliphatic carboxylic acids is 1. The van der Waals surface area contributed by atoms with E-state index in [2.05, 4.69) is 5.32 Å². The van der Waals surface area contributed by atoms with Crippen molar-refractivity contribution >= 4 is 22.8 Å². The summed E-state index contributed by atoms with van der Waals surface area (Å²) in [4.78, 5) is 22.0. The SMILES string of the molecule is CC(=O)NC(Cn1ccc2ccccc21)C(=O)O. The zero-order valence-electron chi connectivity index (χ0n) is 9.96. The average Bonchev–Trinajstić information content (AvgIpc) is 2.71. The maximum atomic E-state index is 11.1. The Morgan fingerprint density at radius 1 is 1.33 bits per heavy atom. The lowest BCUT2D eigenvalue weighted by Crippen LogP contribution is -2.42. The van der Waals surface area contributed by atoms with Crippen LogP contribution in [0.4, 0.5) is 0 Å². The number of carbonyl (C=O) groups is 2. The van der Waals surface area contributed by atoms with Gasteiger partial charge in [0.25, 0.3) is 0 Å². The van der Waals surface area contributed by atoms with Gasteiger partial charge in [-0.2, -0.15) is 0 Å². The van der Waals surface area contributed by atoms with E-state index in [0.717, 1.165) is 10.9 Å². The van der Waals surface area contributed by atoms with Crippen LogP contribution in [0.25, 0.3) is 10.9 Å². The Hall–Kier alpha value is -2.30. The Labute approximate surface area is 104 Å². The monoisotopic (exact) mass is 246 g/mol. The first kappa shape index (κ1) is 12.2. The lowest BCUT2D eigenvalue weighted by Gasteiger charge is -2.14. The van der Waals surface area contributed by atoms with Gasteiger partial charge in [0.15, 0.2) is 0 Å². The van der Waals surface area contributed by atoms with E-state index >= 15 is 0 Å². The Kier molecular flexibility index (Phi) is 3.32. The summed E-state index contributed by atoms with van der Waals surface area (Å²) in [6, 6.07) is 8.70. The molecule has 94 valence electrons. The molecule has 0 saturated carbocycles. The van der Waals surface area contributed by atoms with Crippen LogP contribution in [0.5, 0.6) is 0 Å². The molecule has 2 aromatic rings. The van der Waals surface area contributed by atoms with Crippen molar-refractivity contribution in [2.75, 3.05) is 0 Å². The van der Waals surface area contributed by atoms with Gasteiger partial charge in [-0.15, -0.1) is 0 Å². The molecule has 1 unspecified atom stereocenters. The first-order valence-electron chi connectivity index (χ1n) is 5.61. The number of nitrogens with zero attached hydrogens (tertiary/aromatic N) is 1. The van der Waals surface area contributed by atoms with Crippen LogP contribution >= 0.6 is 0 Å². The highest BCUT2D eigenvalue weighted by molar-refractivity contribution is 5.83. The van der Waals surface area contributed by atoms with Gasteiger partial charge in [-0.25, -0.2) is 4.79 Å². The second-order valence-corrected chi connectivity index (χ2v) is 4.12. The molecular formula is C13H14N2O3. The van der Waals surface area contributed by atoms with E-state index in [1.807, 2.05) is 41.1 Å². The zero-order chi connectivity index (χ0) is 13.1. The first-order chi connectivity index (χ1) is 8.58. The van der Waals surface area contributed by atoms with E-state index in [9.17, 15) is 9.59 Å². The van der Waals surface area contributed by atoms with Crippen molar-refractivity contribution in [1.29, 1.82) is 0 Å². The number of fused-ring (bicyclic) bond motifs is 1. The van der Waals surface area contributed by atoms with Crippen LogP contribution in [0.3, 0.4) is 0 Å². The van der Waals surface area contributed by atoms with Crippen LogP contribution in [0.15, 0.2) is 36.5 Å².